The lowest BCUT2D eigenvalue weighted by Crippen LogP contribution is -2.22. The lowest BCUT2D eigenvalue weighted by atomic mass is 9.98. The van der Waals surface area contributed by atoms with Crippen molar-refractivity contribution in [1.82, 2.24) is 5.32 Å². The highest BCUT2D eigenvalue weighted by molar-refractivity contribution is 9.11. The van der Waals surface area contributed by atoms with E-state index in [1.54, 1.807) is 0 Å². The van der Waals surface area contributed by atoms with Gasteiger partial charge in [-0.15, -0.1) is 11.3 Å². The Morgan fingerprint density at radius 3 is 2.56 bits per heavy atom. The Morgan fingerprint density at radius 1 is 1.28 bits per heavy atom. The fourth-order valence-corrected chi connectivity index (χ4v) is 3.80. The van der Waals surface area contributed by atoms with Crippen LogP contribution in [0.25, 0.3) is 0 Å². The molecule has 0 aromatic carbocycles. The van der Waals surface area contributed by atoms with Crippen molar-refractivity contribution < 1.29 is 0 Å². The molecule has 3 heteroatoms. The summed E-state index contributed by atoms with van der Waals surface area (Å²) in [4.78, 5) is 1.46. The Bertz CT molecular complexity index is 346. The Morgan fingerprint density at radius 2 is 2.00 bits per heavy atom. The predicted octanol–water partition coefficient (Wildman–Crippen LogP) is 5.02. The first-order chi connectivity index (χ1) is 8.49. The number of nitrogens with one attached hydrogen (secondary N) is 1. The summed E-state index contributed by atoms with van der Waals surface area (Å²) in [5, 5.41) is 3.52. The topological polar surface area (TPSA) is 12.0 Å². The second-order valence-electron chi connectivity index (χ2n) is 5.66. The molecule has 0 saturated carbocycles. The molecule has 0 amide bonds. The second-order valence-corrected chi connectivity index (χ2v) is 8.30. The molecule has 0 aliphatic heterocycles. The van der Waals surface area contributed by atoms with E-state index in [9.17, 15) is 0 Å². The van der Waals surface area contributed by atoms with Gasteiger partial charge in [0.1, 0.15) is 0 Å². The van der Waals surface area contributed by atoms with E-state index >= 15 is 0 Å². The fourth-order valence-electron chi connectivity index (χ4n) is 2.01. The van der Waals surface area contributed by atoms with Gasteiger partial charge in [0, 0.05) is 4.88 Å². The number of hydrogen-bond donors (Lipinski definition) is 1. The maximum Gasteiger partial charge on any atom is 0.0704 e. The van der Waals surface area contributed by atoms with Gasteiger partial charge >= 0.3 is 0 Å². The molecule has 18 heavy (non-hydrogen) atoms. The van der Waals surface area contributed by atoms with Gasteiger partial charge in [-0.25, -0.2) is 0 Å². The summed E-state index contributed by atoms with van der Waals surface area (Å²) in [6.07, 6.45) is 3.81. The van der Waals surface area contributed by atoms with Crippen LogP contribution >= 0.6 is 27.3 Å². The number of halogens is 1. The third-order valence-corrected chi connectivity index (χ3v) is 4.86. The van der Waals surface area contributed by atoms with Crippen molar-refractivity contribution >= 4 is 27.3 Å². The molecule has 1 heterocycles. The van der Waals surface area contributed by atoms with Gasteiger partial charge in [-0.3, -0.25) is 0 Å². The Labute approximate surface area is 125 Å². The lowest BCUT2D eigenvalue weighted by Gasteiger charge is -2.12. The molecule has 0 aliphatic rings. The van der Waals surface area contributed by atoms with Gasteiger partial charge in [0.05, 0.1) is 3.79 Å². The van der Waals surface area contributed by atoms with Gasteiger partial charge in [-0.1, -0.05) is 20.8 Å². The van der Waals surface area contributed by atoms with Crippen LogP contribution < -0.4 is 5.32 Å². The van der Waals surface area contributed by atoms with E-state index in [1.807, 2.05) is 11.3 Å². The minimum absolute atomic E-state index is 0.756. The Balaban J connectivity index is 2.17. The lowest BCUT2D eigenvalue weighted by molar-refractivity contribution is 0.454. The molecule has 1 aromatic rings. The Hall–Kier alpha value is 0.140. The monoisotopic (exact) mass is 331 g/mol. The molecule has 1 rings (SSSR count). The average Bonchev–Trinajstić information content (AvgIpc) is 2.60. The van der Waals surface area contributed by atoms with Crippen LogP contribution in [0.5, 0.6) is 0 Å². The first-order valence-corrected chi connectivity index (χ1v) is 8.55. The van der Waals surface area contributed by atoms with Crippen molar-refractivity contribution in [3.8, 4) is 0 Å². The molecular formula is C15H26BrNS. The van der Waals surface area contributed by atoms with Crippen LogP contribution in [-0.4, -0.2) is 13.1 Å². The van der Waals surface area contributed by atoms with Crippen molar-refractivity contribution in [1.29, 1.82) is 0 Å². The second kappa shape index (κ2) is 8.34. The highest BCUT2D eigenvalue weighted by atomic mass is 79.9. The van der Waals surface area contributed by atoms with Crippen LogP contribution in [0.4, 0.5) is 0 Å². The molecule has 1 atom stereocenters. The minimum Gasteiger partial charge on any atom is -0.316 e. The van der Waals surface area contributed by atoms with Crippen LogP contribution in [0.2, 0.25) is 0 Å². The zero-order valence-corrected chi connectivity index (χ0v) is 14.5. The van der Waals surface area contributed by atoms with Gasteiger partial charge in [0.25, 0.3) is 0 Å². The van der Waals surface area contributed by atoms with Crippen LogP contribution in [0.1, 0.15) is 44.1 Å². The molecule has 0 fully saturated rings. The standard InChI is InChI=1S/C15H26BrNS/c1-11(2)10-17-8-7-12(3)5-6-14-9-15(16)18-13(14)4/h9,11-12,17H,5-8,10H2,1-4H3. The summed E-state index contributed by atoms with van der Waals surface area (Å²) >= 11 is 5.41. The third-order valence-electron chi connectivity index (χ3n) is 3.26. The van der Waals surface area contributed by atoms with E-state index < -0.39 is 0 Å². The van der Waals surface area contributed by atoms with Gasteiger partial charge in [0.2, 0.25) is 0 Å². The van der Waals surface area contributed by atoms with E-state index in [-0.39, 0.29) is 0 Å². The normalized spacial score (nSPS) is 13.2. The summed E-state index contributed by atoms with van der Waals surface area (Å²) < 4.78 is 1.27. The van der Waals surface area contributed by atoms with E-state index in [1.165, 1.54) is 33.5 Å². The first kappa shape index (κ1) is 16.2. The average molecular weight is 332 g/mol. The zero-order valence-electron chi connectivity index (χ0n) is 12.1. The van der Waals surface area contributed by atoms with Crippen molar-refractivity contribution in [2.75, 3.05) is 13.1 Å². The molecule has 1 aromatic heterocycles. The largest absolute Gasteiger partial charge is 0.316 e. The number of rotatable bonds is 8. The fraction of sp³-hybridized carbons (Fsp3) is 0.733. The van der Waals surface area contributed by atoms with E-state index in [0.29, 0.717) is 0 Å². The maximum absolute atomic E-state index is 3.56. The zero-order chi connectivity index (χ0) is 13.5. The predicted molar refractivity (Wildman–Crippen MR) is 86.6 cm³/mol. The van der Waals surface area contributed by atoms with Crippen molar-refractivity contribution in [3.63, 3.8) is 0 Å². The van der Waals surface area contributed by atoms with Gasteiger partial charge in [-0.2, -0.15) is 0 Å². The summed E-state index contributed by atoms with van der Waals surface area (Å²) in [6, 6.07) is 2.28. The molecule has 1 nitrogen and oxygen atoms in total. The van der Waals surface area contributed by atoms with E-state index in [4.69, 9.17) is 0 Å². The van der Waals surface area contributed by atoms with Crippen LogP contribution in [-0.2, 0) is 6.42 Å². The summed E-state index contributed by atoms with van der Waals surface area (Å²) in [5.74, 6) is 1.56. The third kappa shape index (κ3) is 6.35. The minimum atomic E-state index is 0.756. The number of thiophene rings is 1. The first-order valence-electron chi connectivity index (χ1n) is 6.94. The van der Waals surface area contributed by atoms with Gasteiger partial charge in [-0.05, 0) is 78.7 Å². The quantitative estimate of drug-likeness (QED) is 0.659. The van der Waals surface area contributed by atoms with Crippen molar-refractivity contribution in [2.45, 2.75) is 47.0 Å². The number of aryl methyl sites for hydroxylation is 2. The number of hydrogen-bond acceptors (Lipinski definition) is 2. The molecule has 0 aliphatic carbocycles. The summed E-state index contributed by atoms with van der Waals surface area (Å²) in [6.45, 7) is 11.4. The molecular weight excluding hydrogens is 306 g/mol. The molecule has 0 bridgehead atoms. The van der Waals surface area contributed by atoms with Crippen molar-refractivity contribution in [2.24, 2.45) is 11.8 Å². The van der Waals surface area contributed by atoms with Crippen LogP contribution in [0, 0.1) is 18.8 Å². The molecule has 1 unspecified atom stereocenters. The maximum atomic E-state index is 3.56. The molecule has 1 N–H and O–H groups in total. The van der Waals surface area contributed by atoms with Crippen molar-refractivity contribution in [3.05, 3.63) is 20.3 Å². The van der Waals surface area contributed by atoms with E-state index in [2.05, 4.69) is 55.0 Å². The molecule has 0 radical (unpaired) electrons. The van der Waals surface area contributed by atoms with Crippen LogP contribution in [0.15, 0.2) is 9.85 Å². The highest BCUT2D eigenvalue weighted by Crippen LogP contribution is 2.28. The molecule has 0 spiro atoms. The summed E-state index contributed by atoms with van der Waals surface area (Å²) in [7, 11) is 0. The van der Waals surface area contributed by atoms with E-state index in [0.717, 1.165) is 24.9 Å². The smallest absolute Gasteiger partial charge is 0.0704 e. The Kier molecular flexibility index (Phi) is 7.50. The molecule has 0 saturated heterocycles. The SMILES string of the molecule is Cc1sc(Br)cc1CCC(C)CCNCC(C)C. The molecule has 104 valence electrons. The van der Waals surface area contributed by atoms with Gasteiger partial charge < -0.3 is 5.32 Å². The highest BCUT2D eigenvalue weighted by Gasteiger charge is 2.07. The summed E-state index contributed by atoms with van der Waals surface area (Å²) in [5.41, 5.74) is 1.52. The van der Waals surface area contributed by atoms with Crippen LogP contribution in [0.3, 0.4) is 0 Å². The van der Waals surface area contributed by atoms with Gasteiger partial charge in [0.15, 0.2) is 0 Å².